The van der Waals surface area contributed by atoms with E-state index in [2.05, 4.69) is 28.7 Å². The lowest BCUT2D eigenvalue weighted by molar-refractivity contribution is -0.0662. The van der Waals surface area contributed by atoms with E-state index in [1.54, 1.807) is 7.11 Å². The number of nitrogens with zero attached hydrogens (tertiary/aromatic N) is 3. The van der Waals surface area contributed by atoms with Gasteiger partial charge >= 0.3 is 0 Å². The van der Waals surface area contributed by atoms with Gasteiger partial charge in [-0.3, -0.25) is 4.90 Å². The minimum atomic E-state index is -0.817. The number of benzene rings is 1. The summed E-state index contributed by atoms with van der Waals surface area (Å²) >= 11 is 0. The Kier molecular flexibility index (Phi) is 5.39. The van der Waals surface area contributed by atoms with E-state index in [-0.39, 0.29) is 5.92 Å². The second kappa shape index (κ2) is 7.80. The van der Waals surface area contributed by atoms with Crippen molar-refractivity contribution in [3.05, 3.63) is 53.6 Å². The average Bonchev–Trinajstić information content (AvgIpc) is 3.12. The molecule has 1 aromatic heterocycles. The summed E-state index contributed by atoms with van der Waals surface area (Å²) in [4.78, 5) is 11.5. The fourth-order valence-corrected chi connectivity index (χ4v) is 5.08. The molecule has 1 saturated carbocycles. The quantitative estimate of drug-likeness (QED) is 0.855. The molecule has 0 unspecified atom stereocenters. The van der Waals surface area contributed by atoms with Crippen LogP contribution in [-0.2, 0) is 12.1 Å². The molecule has 3 atom stereocenters. The van der Waals surface area contributed by atoms with Gasteiger partial charge in [0.15, 0.2) is 0 Å². The molecule has 0 spiro atoms. The first-order valence-electron chi connectivity index (χ1n) is 10.4. The van der Waals surface area contributed by atoms with Crippen LogP contribution in [0.2, 0.25) is 0 Å². The molecule has 2 aromatic rings. The van der Waals surface area contributed by atoms with Gasteiger partial charge in [-0.2, -0.15) is 0 Å². The normalized spacial score (nSPS) is 27.8. The predicted molar refractivity (Wildman–Crippen MR) is 109 cm³/mol. The summed E-state index contributed by atoms with van der Waals surface area (Å²) in [6.45, 7) is 6.98. The highest BCUT2D eigenvalue weighted by Crippen LogP contribution is 2.50. The number of methoxy groups -OCH3 is 1. The maximum atomic E-state index is 11.8. The molecule has 1 aromatic carbocycles. The molecule has 2 aliphatic rings. The molecule has 1 aliphatic heterocycles. The number of aromatic nitrogens is 2. The van der Waals surface area contributed by atoms with E-state index in [1.807, 2.05) is 36.7 Å². The smallest absolute Gasteiger partial charge is 0.130 e. The van der Waals surface area contributed by atoms with Gasteiger partial charge in [0.25, 0.3) is 0 Å². The number of ether oxygens (including phenoxy) is 1. The van der Waals surface area contributed by atoms with Crippen LogP contribution in [0.25, 0.3) is 0 Å². The average molecular weight is 382 g/mol. The minimum Gasteiger partial charge on any atom is -0.496 e. The molecule has 0 bridgehead atoms. The van der Waals surface area contributed by atoms with Gasteiger partial charge in [-0.15, -0.1) is 0 Å². The molecule has 2 heterocycles. The van der Waals surface area contributed by atoms with E-state index < -0.39 is 5.60 Å². The van der Waals surface area contributed by atoms with Crippen LogP contribution >= 0.6 is 0 Å². The van der Waals surface area contributed by atoms with E-state index in [4.69, 9.17) is 4.74 Å². The maximum absolute atomic E-state index is 11.8. The van der Waals surface area contributed by atoms with Crippen molar-refractivity contribution in [3.63, 3.8) is 0 Å². The van der Waals surface area contributed by atoms with Gasteiger partial charge in [0.2, 0.25) is 0 Å². The third-order valence-electron chi connectivity index (χ3n) is 6.48. The SMILES string of the molecule is COc1ccccc1[C@]1(O)CCC[C@H]2CN(Cc3cnc(C(C)C)nc3)C[C@@H]21. The van der Waals surface area contributed by atoms with Gasteiger partial charge in [0, 0.05) is 55.0 Å². The number of likely N-dealkylation sites (tertiary alicyclic amines) is 1. The lowest BCUT2D eigenvalue weighted by Gasteiger charge is -2.42. The first-order valence-corrected chi connectivity index (χ1v) is 10.4. The molecule has 28 heavy (non-hydrogen) atoms. The maximum Gasteiger partial charge on any atom is 0.130 e. The van der Waals surface area contributed by atoms with E-state index >= 15 is 0 Å². The zero-order valence-corrected chi connectivity index (χ0v) is 17.1. The molecule has 2 fully saturated rings. The molecular formula is C23H31N3O2. The number of para-hydroxylation sites is 1. The standard InChI is InChI=1S/C23H31N3O2/c1-16(2)22-24-11-17(12-25-22)13-26-14-18-7-6-10-23(27,20(18)15-26)19-8-4-5-9-21(19)28-3/h4-5,8-9,11-12,16,18,20,27H,6-7,10,13-15H2,1-3H3/t18-,20-,23+/m0/s1. The van der Waals surface area contributed by atoms with Crippen LogP contribution in [0.15, 0.2) is 36.7 Å². The van der Waals surface area contributed by atoms with Crippen LogP contribution < -0.4 is 4.74 Å². The van der Waals surface area contributed by atoms with Crippen molar-refractivity contribution >= 4 is 0 Å². The zero-order chi connectivity index (χ0) is 19.7. The van der Waals surface area contributed by atoms with Crippen molar-refractivity contribution in [2.24, 2.45) is 11.8 Å². The minimum absolute atomic E-state index is 0.230. The molecule has 150 valence electrons. The van der Waals surface area contributed by atoms with Gasteiger partial charge < -0.3 is 9.84 Å². The Hall–Kier alpha value is -1.98. The van der Waals surface area contributed by atoms with Crippen LogP contribution in [0.4, 0.5) is 0 Å². The second-order valence-corrected chi connectivity index (χ2v) is 8.68. The fraction of sp³-hybridized carbons (Fsp3) is 0.565. The highest BCUT2D eigenvalue weighted by atomic mass is 16.5. The van der Waals surface area contributed by atoms with Crippen LogP contribution in [0.1, 0.15) is 56.0 Å². The fourth-order valence-electron chi connectivity index (χ4n) is 5.08. The highest BCUT2D eigenvalue weighted by Gasteiger charge is 2.50. The van der Waals surface area contributed by atoms with Gasteiger partial charge in [0.1, 0.15) is 11.6 Å². The molecule has 5 nitrogen and oxygen atoms in total. The molecule has 4 rings (SSSR count). The van der Waals surface area contributed by atoms with E-state index in [0.717, 1.165) is 55.2 Å². The molecule has 1 saturated heterocycles. The molecule has 0 radical (unpaired) electrons. The predicted octanol–water partition coefficient (Wildman–Crippen LogP) is 3.73. The number of fused-ring (bicyclic) bond motifs is 1. The molecular weight excluding hydrogens is 350 g/mol. The molecule has 1 N–H and O–H groups in total. The summed E-state index contributed by atoms with van der Waals surface area (Å²) in [5.74, 6) is 2.78. The van der Waals surface area contributed by atoms with E-state index in [0.29, 0.717) is 11.8 Å². The Morgan fingerprint density at radius 1 is 1.21 bits per heavy atom. The Balaban J connectivity index is 1.53. The first-order chi connectivity index (χ1) is 13.5. The molecule has 5 heteroatoms. The van der Waals surface area contributed by atoms with E-state index in [9.17, 15) is 5.11 Å². The van der Waals surface area contributed by atoms with Crippen molar-refractivity contribution in [1.82, 2.24) is 14.9 Å². The topological polar surface area (TPSA) is 58.5 Å². The second-order valence-electron chi connectivity index (χ2n) is 8.68. The summed E-state index contributed by atoms with van der Waals surface area (Å²) in [6, 6.07) is 7.95. The first kappa shape index (κ1) is 19.3. The number of rotatable bonds is 5. The highest BCUT2D eigenvalue weighted by molar-refractivity contribution is 5.39. The van der Waals surface area contributed by atoms with Crippen LogP contribution in [0, 0.1) is 11.8 Å². The molecule has 0 amide bonds. The third-order valence-corrected chi connectivity index (χ3v) is 6.48. The zero-order valence-electron chi connectivity index (χ0n) is 17.1. The lowest BCUT2D eigenvalue weighted by atomic mass is 9.67. The Labute approximate surface area is 167 Å². The number of aliphatic hydroxyl groups is 1. The molecule has 1 aliphatic carbocycles. The third kappa shape index (κ3) is 3.53. The van der Waals surface area contributed by atoms with Gasteiger partial charge in [-0.05, 0) is 31.2 Å². The van der Waals surface area contributed by atoms with E-state index in [1.165, 1.54) is 6.42 Å². The summed E-state index contributed by atoms with van der Waals surface area (Å²) in [6.07, 6.45) is 6.94. The van der Waals surface area contributed by atoms with Crippen LogP contribution in [-0.4, -0.2) is 40.2 Å². The Morgan fingerprint density at radius 2 is 1.96 bits per heavy atom. The summed E-state index contributed by atoms with van der Waals surface area (Å²) in [5.41, 5.74) is 1.27. The van der Waals surface area contributed by atoms with Crippen molar-refractivity contribution in [2.45, 2.75) is 51.2 Å². The summed E-state index contributed by atoms with van der Waals surface area (Å²) in [5, 5.41) is 11.8. The van der Waals surface area contributed by atoms with Gasteiger partial charge in [-0.1, -0.05) is 32.0 Å². The van der Waals surface area contributed by atoms with Gasteiger partial charge in [0.05, 0.1) is 12.7 Å². The lowest BCUT2D eigenvalue weighted by Crippen LogP contribution is -2.43. The van der Waals surface area contributed by atoms with Crippen molar-refractivity contribution < 1.29 is 9.84 Å². The largest absolute Gasteiger partial charge is 0.496 e. The van der Waals surface area contributed by atoms with Gasteiger partial charge in [-0.25, -0.2) is 9.97 Å². The van der Waals surface area contributed by atoms with Crippen molar-refractivity contribution in [1.29, 1.82) is 0 Å². The van der Waals surface area contributed by atoms with Crippen LogP contribution in [0.3, 0.4) is 0 Å². The summed E-state index contributed by atoms with van der Waals surface area (Å²) in [7, 11) is 1.68. The number of hydrogen-bond acceptors (Lipinski definition) is 5. The summed E-state index contributed by atoms with van der Waals surface area (Å²) < 4.78 is 5.58. The van der Waals surface area contributed by atoms with Crippen molar-refractivity contribution in [2.75, 3.05) is 20.2 Å². The monoisotopic (exact) mass is 381 g/mol. The van der Waals surface area contributed by atoms with Crippen molar-refractivity contribution in [3.8, 4) is 5.75 Å². The van der Waals surface area contributed by atoms with Crippen LogP contribution in [0.5, 0.6) is 5.75 Å². The number of hydrogen-bond donors (Lipinski definition) is 1. The Morgan fingerprint density at radius 3 is 2.68 bits per heavy atom. The Bertz CT molecular complexity index is 808.